The maximum Gasteiger partial charge on any atom is 0.237 e. The van der Waals surface area contributed by atoms with Crippen molar-refractivity contribution in [3.63, 3.8) is 0 Å². The molecule has 3 aromatic rings. The highest BCUT2D eigenvalue weighted by atomic mass is 32.2. The third-order valence-electron chi connectivity index (χ3n) is 4.84. The average molecular weight is 438 g/mol. The zero-order valence-corrected chi connectivity index (χ0v) is 18.4. The number of aromatic nitrogens is 4. The van der Waals surface area contributed by atoms with Crippen molar-refractivity contribution in [3.05, 3.63) is 61.4 Å². The first-order valence-electron chi connectivity index (χ1n) is 9.80. The quantitative estimate of drug-likeness (QED) is 0.417. The monoisotopic (exact) mass is 437 g/mol. The molecule has 0 unspecified atom stereocenters. The second-order valence-electron chi connectivity index (χ2n) is 6.96. The number of amides is 1. The largest absolute Gasteiger partial charge is 0.311 e. The Morgan fingerprint density at radius 1 is 1.27 bits per heavy atom. The minimum Gasteiger partial charge on any atom is -0.311 e. The van der Waals surface area contributed by atoms with Crippen LogP contribution >= 0.6 is 23.5 Å². The lowest BCUT2D eigenvalue weighted by atomic mass is 10.2. The van der Waals surface area contributed by atoms with Crippen molar-refractivity contribution in [1.82, 2.24) is 19.7 Å². The van der Waals surface area contributed by atoms with Gasteiger partial charge in [0.05, 0.1) is 11.4 Å². The predicted molar refractivity (Wildman–Crippen MR) is 123 cm³/mol. The summed E-state index contributed by atoms with van der Waals surface area (Å²) in [6.45, 7) is 7.36. The molecule has 0 N–H and O–H groups in total. The van der Waals surface area contributed by atoms with E-state index in [4.69, 9.17) is 0 Å². The molecule has 0 saturated carbocycles. The molecule has 4 rings (SSSR count). The molecule has 154 valence electrons. The molecule has 1 atom stereocenters. The van der Waals surface area contributed by atoms with Gasteiger partial charge in [-0.3, -0.25) is 14.3 Å². The first kappa shape index (κ1) is 20.7. The van der Waals surface area contributed by atoms with Gasteiger partial charge in [0.15, 0.2) is 11.0 Å². The van der Waals surface area contributed by atoms with Gasteiger partial charge in [-0.25, -0.2) is 0 Å². The molecular weight excluding hydrogens is 414 g/mol. The molecule has 6 nitrogen and oxygen atoms in total. The Kier molecular flexibility index (Phi) is 6.54. The van der Waals surface area contributed by atoms with Gasteiger partial charge in [-0.05, 0) is 30.7 Å². The first-order valence-corrected chi connectivity index (χ1v) is 11.7. The molecular formula is C22H23N5OS2. The Morgan fingerprint density at radius 3 is 2.87 bits per heavy atom. The fourth-order valence-corrected chi connectivity index (χ4v) is 5.29. The number of para-hydroxylation sites is 1. The molecule has 3 heterocycles. The molecule has 0 aliphatic carbocycles. The van der Waals surface area contributed by atoms with Gasteiger partial charge >= 0.3 is 0 Å². The summed E-state index contributed by atoms with van der Waals surface area (Å²) in [4.78, 5) is 20.3. The number of anilines is 1. The SMILES string of the molecule is C=CCn1c(SCC(=O)N2CC[C@H](C)Sc3ccccc32)nnc1-c1ccncc1. The summed E-state index contributed by atoms with van der Waals surface area (Å²) >= 11 is 3.25. The third-order valence-corrected chi connectivity index (χ3v) is 7.03. The van der Waals surface area contributed by atoms with Crippen molar-refractivity contribution in [3.8, 4) is 11.4 Å². The number of fused-ring (bicyclic) bond motifs is 1. The van der Waals surface area contributed by atoms with Crippen LogP contribution in [0.5, 0.6) is 0 Å². The number of hydrogen-bond donors (Lipinski definition) is 0. The van der Waals surface area contributed by atoms with Gasteiger partial charge in [0, 0.05) is 41.2 Å². The van der Waals surface area contributed by atoms with Crippen molar-refractivity contribution in [2.45, 2.75) is 35.2 Å². The van der Waals surface area contributed by atoms with Crippen molar-refractivity contribution in [1.29, 1.82) is 0 Å². The zero-order valence-electron chi connectivity index (χ0n) is 16.8. The summed E-state index contributed by atoms with van der Waals surface area (Å²) in [6, 6.07) is 11.9. The molecule has 1 amide bonds. The van der Waals surface area contributed by atoms with Gasteiger partial charge in [0.25, 0.3) is 0 Å². The molecule has 8 heteroatoms. The fourth-order valence-electron chi connectivity index (χ4n) is 3.35. The maximum atomic E-state index is 13.1. The van der Waals surface area contributed by atoms with E-state index in [1.54, 1.807) is 12.4 Å². The predicted octanol–water partition coefficient (Wildman–Crippen LogP) is 4.54. The topological polar surface area (TPSA) is 63.9 Å². The van der Waals surface area contributed by atoms with E-state index >= 15 is 0 Å². The van der Waals surface area contributed by atoms with Crippen LogP contribution in [0.25, 0.3) is 11.4 Å². The van der Waals surface area contributed by atoms with E-state index in [0.29, 0.717) is 22.7 Å². The summed E-state index contributed by atoms with van der Waals surface area (Å²) < 4.78 is 1.98. The number of nitrogens with zero attached hydrogens (tertiary/aromatic N) is 5. The van der Waals surface area contributed by atoms with E-state index in [0.717, 1.165) is 34.9 Å². The van der Waals surface area contributed by atoms with Crippen molar-refractivity contribution in [2.75, 3.05) is 17.2 Å². The van der Waals surface area contributed by atoms with E-state index in [1.807, 2.05) is 57.6 Å². The number of pyridine rings is 1. The molecule has 1 aliphatic heterocycles. The Hall–Kier alpha value is -2.58. The Bertz CT molecular complexity index is 1040. The van der Waals surface area contributed by atoms with E-state index < -0.39 is 0 Å². The van der Waals surface area contributed by atoms with E-state index in [1.165, 1.54) is 11.8 Å². The summed E-state index contributed by atoms with van der Waals surface area (Å²) in [5, 5.41) is 9.87. The summed E-state index contributed by atoms with van der Waals surface area (Å²) in [7, 11) is 0. The van der Waals surface area contributed by atoms with Crippen LogP contribution in [0.15, 0.2) is 71.5 Å². The minimum atomic E-state index is 0.0840. The van der Waals surface area contributed by atoms with Crippen LogP contribution in [0.3, 0.4) is 0 Å². The molecule has 0 saturated heterocycles. The number of hydrogen-bond acceptors (Lipinski definition) is 6. The van der Waals surface area contributed by atoms with Gasteiger partial charge in [-0.15, -0.1) is 28.5 Å². The molecule has 2 aromatic heterocycles. The number of thioether (sulfide) groups is 2. The van der Waals surface area contributed by atoms with Crippen LogP contribution in [0, 0.1) is 0 Å². The van der Waals surface area contributed by atoms with Gasteiger partial charge in [-0.1, -0.05) is 36.9 Å². The Morgan fingerprint density at radius 2 is 2.07 bits per heavy atom. The summed E-state index contributed by atoms with van der Waals surface area (Å²) in [5.41, 5.74) is 1.94. The number of benzene rings is 1. The molecule has 0 fully saturated rings. The summed E-state index contributed by atoms with van der Waals surface area (Å²) in [6.07, 6.45) is 6.24. The highest BCUT2D eigenvalue weighted by Gasteiger charge is 2.25. The van der Waals surface area contributed by atoms with E-state index in [-0.39, 0.29) is 5.91 Å². The molecule has 0 bridgehead atoms. The Labute approximate surface area is 184 Å². The van der Waals surface area contributed by atoms with Gasteiger partial charge < -0.3 is 4.90 Å². The molecule has 1 aromatic carbocycles. The highest BCUT2D eigenvalue weighted by Crippen LogP contribution is 2.37. The van der Waals surface area contributed by atoms with Crippen LogP contribution in [0.1, 0.15) is 13.3 Å². The number of allylic oxidation sites excluding steroid dienone is 1. The minimum absolute atomic E-state index is 0.0840. The van der Waals surface area contributed by atoms with Crippen LogP contribution in [0.2, 0.25) is 0 Å². The van der Waals surface area contributed by atoms with Crippen LogP contribution in [0.4, 0.5) is 5.69 Å². The van der Waals surface area contributed by atoms with Gasteiger partial charge in [-0.2, -0.15) is 0 Å². The fraction of sp³-hybridized carbons (Fsp3) is 0.273. The second-order valence-corrected chi connectivity index (χ2v) is 9.38. The molecule has 0 radical (unpaired) electrons. The smallest absolute Gasteiger partial charge is 0.237 e. The van der Waals surface area contributed by atoms with Crippen LogP contribution < -0.4 is 4.90 Å². The lowest BCUT2D eigenvalue weighted by Crippen LogP contribution is -2.33. The van der Waals surface area contributed by atoms with Crippen molar-refractivity contribution >= 4 is 35.1 Å². The van der Waals surface area contributed by atoms with Crippen LogP contribution in [-0.4, -0.2) is 43.2 Å². The average Bonchev–Trinajstić information content (AvgIpc) is 3.08. The van der Waals surface area contributed by atoms with E-state index in [2.05, 4.69) is 34.8 Å². The van der Waals surface area contributed by atoms with Gasteiger partial charge in [0.1, 0.15) is 0 Å². The Balaban J connectivity index is 1.53. The molecule has 0 spiro atoms. The third kappa shape index (κ3) is 4.44. The van der Waals surface area contributed by atoms with Crippen molar-refractivity contribution in [2.24, 2.45) is 0 Å². The van der Waals surface area contributed by atoms with Gasteiger partial charge in [0.2, 0.25) is 5.91 Å². The highest BCUT2D eigenvalue weighted by molar-refractivity contribution is 8.00. The molecule has 1 aliphatic rings. The van der Waals surface area contributed by atoms with Crippen LogP contribution in [-0.2, 0) is 11.3 Å². The number of rotatable bonds is 6. The first-order chi connectivity index (χ1) is 14.7. The maximum absolute atomic E-state index is 13.1. The van der Waals surface area contributed by atoms with E-state index in [9.17, 15) is 4.79 Å². The summed E-state index contributed by atoms with van der Waals surface area (Å²) in [5.74, 6) is 1.14. The number of carbonyl (C=O) groups excluding carboxylic acids is 1. The second kappa shape index (κ2) is 9.49. The normalized spacial score (nSPS) is 16.0. The zero-order chi connectivity index (χ0) is 20.9. The molecule has 30 heavy (non-hydrogen) atoms. The van der Waals surface area contributed by atoms with Crippen molar-refractivity contribution < 1.29 is 4.79 Å². The standard InChI is InChI=1S/C22H23N5OS2/c1-3-13-27-21(17-8-11-23-12-9-17)24-25-22(27)29-15-20(28)26-14-10-16(2)30-19-7-5-4-6-18(19)26/h3-9,11-12,16H,1,10,13-15H2,2H3/t16-/m0/s1. The number of carbonyl (C=O) groups is 1. The lowest BCUT2D eigenvalue weighted by molar-refractivity contribution is -0.116. The lowest BCUT2D eigenvalue weighted by Gasteiger charge is -2.22.